The number of sulfonamides is 1. The predicted molar refractivity (Wildman–Crippen MR) is 79.0 cm³/mol. The molecule has 1 aromatic carbocycles. The fraction of sp³-hybridized carbons (Fsp3) is 0.417. The number of halogens is 2. The molecule has 0 saturated heterocycles. The summed E-state index contributed by atoms with van der Waals surface area (Å²) < 4.78 is 30.1. The van der Waals surface area contributed by atoms with E-state index in [1.807, 2.05) is 0 Å². The molecule has 1 unspecified atom stereocenters. The molecule has 1 heterocycles. The van der Waals surface area contributed by atoms with Gasteiger partial charge in [-0.05, 0) is 6.07 Å². The van der Waals surface area contributed by atoms with Crippen molar-refractivity contribution in [3.63, 3.8) is 0 Å². The van der Waals surface area contributed by atoms with Crippen LogP contribution in [0.25, 0.3) is 0 Å². The number of nitrogens with two attached hydrogens (primary N) is 1. The number of nitrogens with zero attached hydrogens (tertiary/aromatic N) is 1. The van der Waals surface area contributed by atoms with E-state index in [0.717, 1.165) is 0 Å². The average Bonchev–Trinajstić information content (AvgIpc) is 2.76. The maximum atomic E-state index is 12.5. The topological polar surface area (TPSA) is 86.5 Å². The van der Waals surface area contributed by atoms with Crippen molar-refractivity contribution >= 4 is 39.1 Å². The van der Waals surface area contributed by atoms with Gasteiger partial charge in [-0.1, -0.05) is 23.2 Å². The molecule has 0 saturated carbocycles. The van der Waals surface area contributed by atoms with Gasteiger partial charge in [0.2, 0.25) is 0 Å². The molecule has 0 radical (unpaired) electrons. The molecule has 1 amide bonds. The van der Waals surface area contributed by atoms with E-state index in [9.17, 15) is 13.2 Å². The minimum Gasteiger partial charge on any atom is -0.478 e. The van der Waals surface area contributed by atoms with Gasteiger partial charge in [-0.3, -0.25) is 4.79 Å². The molecule has 9 heteroatoms. The van der Waals surface area contributed by atoms with Crippen LogP contribution in [0.5, 0.6) is 5.75 Å². The van der Waals surface area contributed by atoms with Gasteiger partial charge in [0.25, 0.3) is 5.91 Å². The lowest BCUT2D eigenvalue weighted by molar-refractivity contribution is -0.739. The van der Waals surface area contributed by atoms with Gasteiger partial charge in [0, 0.05) is 12.0 Å². The van der Waals surface area contributed by atoms with Crippen LogP contribution in [0.4, 0.5) is 0 Å². The van der Waals surface area contributed by atoms with Crippen LogP contribution in [0.2, 0.25) is 10.0 Å². The van der Waals surface area contributed by atoms with E-state index in [1.54, 1.807) is 0 Å². The second-order valence-electron chi connectivity index (χ2n) is 5.57. The normalized spacial score (nSPS) is 18.2. The highest BCUT2D eigenvalue weighted by atomic mass is 35.5. The molecule has 1 atom stereocenters. The van der Waals surface area contributed by atoms with Crippen molar-refractivity contribution in [3.05, 3.63) is 21.7 Å². The maximum Gasteiger partial charge on any atom is 0.328 e. The molecule has 0 aromatic heterocycles. The van der Waals surface area contributed by atoms with E-state index in [4.69, 9.17) is 33.7 Å². The fourth-order valence-corrected chi connectivity index (χ4v) is 3.91. The van der Waals surface area contributed by atoms with Crippen LogP contribution < -0.4 is 10.5 Å². The third-order valence-corrected chi connectivity index (χ3v) is 6.47. The van der Waals surface area contributed by atoms with Crippen molar-refractivity contribution in [3.8, 4) is 5.75 Å². The second kappa shape index (κ2) is 5.01. The average molecular weight is 354 g/mol. The highest BCUT2D eigenvalue weighted by Crippen LogP contribution is 2.44. The Labute approximate surface area is 133 Å². The van der Waals surface area contributed by atoms with Gasteiger partial charge >= 0.3 is 10.0 Å². The quantitative estimate of drug-likeness (QED) is 0.826. The van der Waals surface area contributed by atoms with E-state index >= 15 is 0 Å². The van der Waals surface area contributed by atoms with Crippen molar-refractivity contribution < 1.29 is 21.8 Å². The molecule has 21 heavy (non-hydrogen) atoms. The van der Waals surface area contributed by atoms with Crippen LogP contribution in [-0.4, -0.2) is 45.5 Å². The third-order valence-electron chi connectivity index (χ3n) is 3.19. The van der Waals surface area contributed by atoms with E-state index in [0.29, 0.717) is 5.56 Å². The number of carbonyl (C=O) groups excluding carboxylic acids is 1. The van der Waals surface area contributed by atoms with E-state index in [2.05, 4.69) is 0 Å². The van der Waals surface area contributed by atoms with Crippen LogP contribution in [0, 0.1) is 0 Å². The van der Waals surface area contributed by atoms with Gasteiger partial charge in [-0.25, -0.2) is 3.89 Å². The monoisotopic (exact) mass is 353 g/mol. The van der Waals surface area contributed by atoms with Crippen LogP contribution >= 0.6 is 23.2 Å². The lowest BCUT2D eigenvalue weighted by atomic mass is 10.1. The second-order valence-corrected chi connectivity index (χ2v) is 8.81. The molecule has 2 rings (SSSR count). The number of quaternary nitrogens is 1. The summed E-state index contributed by atoms with van der Waals surface area (Å²) in [6, 6.07) is 1.39. The Kier molecular flexibility index (Phi) is 3.90. The Hall–Kier alpha value is -1.02. The zero-order valence-electron chi connectivity index (χ0n) is 11.7. The molecule has 0 bridgehead atoms. The number of hydrogen-bond donors (Lipinski definition) is 1. The Balaban J connectivity index is 2.63. The molecule has 6 nitrogen and oxygen atoms in total. The van der Waals surface area contributed by atoms with Crippen molar-refractivity contribution in [1.82, 2.24) is 0 Å². The van der Waals surface area contributed by atoms with Gasteiger partial charge in [0.15, 0.2) is 6.10 Å². The third kappa shape index (κ3) is 2.59. The molecule has 0 fully saturated rings. The zero-order valence-corrected chi connectivity index (χ0v) is 14.0. The van der Waals surface area contributed by atoms with Crippen molar-refractivity contribution in [2.75, 3.05) is 21.1 Å². The van der Waals surface area contributed by atoms with E-state index < -0.39 is 22.0 Å². The first kappa shape index (κ1) is 16.4. The van der Waals surface area contributed by atoms with Crippen LogP contribution in [0.3, 0.4) is 0 Å². The lowest BCUT2D eigenvalue weighted by Crippen LogP contribution is -2.41. The Morgan fingerprint density at radius 3 is 2.38 bits per heavy atom. The van der Waals surface area contributed by atoms with Gasteiger partial charge in [0.1, 0.15) is 15.7 Å². The number of fused-ring (bicyclic) bond motifs is 1. The van der Waals surface area contributed by atoms with Crippen LogP contribution in [0.15, 0.2) is 11.0 Å². The summed E-state index contributed by atoms with van der Waals surface area (Å²) in [5.74, 6) is -0.430. The summed E-state index contributed by atoms with van der Waals surface area (Å²) in [4.78, 5) is 11.1. The van der Waals surface area contributed by atoms with E-state index in [1.165, 1.54) is 27.2 Å². The smallest absolute Gasteiger partial charge is 0.328 e. The Morgan fingerprint density at radius 2 is 1.90 bits per heavy atom. The summed E-state index contributed by atoms with van der Waals surface area (Å²) in [6.07, 6.45) is -0.697. The molecule has 1 aliphatic rings. The number of amides is 1. The zero-order chi connectivity index (χ0) is 16.2. The summed E-state index contributed by atoms with van der Waals surface area (Å²) in [7, 11) is 0.789. The SMILES string of the molecule is C[N+](C)(C)S(=O)(=O)c1cc2c(c(Cl)c1Cl)OC(C(N)=O)C2. The first-order valence-electron chi connectivity index (χ1n) is 6.00. The fourth-order valence-electron chi connectivity index (χ4n) is 1.94. The highest BCUT2D eigenvalue weighted by Gasteiger charge is 2.38. The van der Waals surface area contributed by atoms with Gasteiger partial charge in [-0.15, -0.1) is 0 Å². The minimum atomic E-state index is -3.74. The van der Waals surface area contributed by atoms with Crippen molar-refractivity contribution in [2.24, 2.45) is 5.73 Å². The first-order chi connectivity index (χ1) is 9.46. The molecule has 2 N–H and O–H groups in total. The summed E-state index contributed by atoms with van der Waals surface area (Å²) in [5, 5.41) is -0.140. The molecule has 0 aliphatic carbocycles. The summed E-state index contributed by atoms with van der Waals surface area (Å²) >= 11 is 12.2. The maximum absolute atomic E-state index is 12.5. The van der Waals surface area contributed by atoms with Crippen molar-refractivity contribution in [1.29, 1.82) is 0 Å². The molecular weight excluding hydrogens is 339 g/mol. The Bertz CT molecular complexity index is 726. The summed E-state index contributed by atoms with van der Waals surface area (Å²) in [5.41, 5.74) is 5.70. The van der Waals surface area contributed by atoms with Crippen molar-refractivity contribution in [2.45, 2.75) is 17.4 Å². The van der Waals surface area contributed by atoms with Gasteiger partial charge in [-0.2, -0.15) is 8.42 Å². The number of primary amides is 1. The largest absolute Gasteiger partial charge is 0.478 e. The first-order valence-corrected chi connectivity index (χ1v) is 8.20. The molecule has 1 aromatic rings. The Morgan fingerprint density at radius 1 is 1.33 bits per heavy atom. The van der Waals surface area contributed by atoms with Crippen LogP contribution in [-0.2, 0) is 21.2 Å². The number of ether oxygens (including phenoxy) is 1. The predicted octanol–water partition coefficient (Wildman–Crippen LogP) is 1.18. The van der Waals surface area contributed by atoms with E-state index in [-0.39, 0.29) is 31.0 Å². The van der Waals surface area contributed by atoms with Gasteiger partial charge in [0.05, 0.1) is 26.2 Å². The molecule has 1 aliphatic heterocycles. The van der Waals surface area contributed by atoms with Gasteiger partial charge < -0.3 is 10.5 Å². The summed E-state index contributed by atoms with van der Waals surface area (Å²) in [6.45, 7) is 0. The lowest BCUT2D eigenvalue weighted by Gasteiger charge is -2.24. The molecular formula is C12H15Cl2N2O4S+. The number of hydrogen-bond acceptors (Lipinski definition) is 4. The minimum absolute atomic E-state index is 0.0232. The number of rotatable bonds is 3. The molecule has 116 valence electrons. The number of carbonyl (C=O) groups is 1. The standard InChI is InChI=1S/C12H14Cl2N2O4S/c1-16(2,3)21(18,19)8-5-6-4-7(12(15)17)20-11(6)10(14)9(8)13/h5,7H,4H2,1-3H3,(H-,15,17)/p+1. The number of benzene rings is 1. The molecule has 0 spiro atoms. The van der Waals surface area contributed by atoms with Crippen LogP contribution in [0.1, 0.15) is 5.56 Å². The highest BCUT2D eigenvalue weighted by molar-refractivity contribution is 7.86.